The van der Waals surface area contributed by atoms with Gasteiger partial charge in [0.2, 0.25) is 5.91 Å². The van der Waals surface area contributed by atoms with Crippen molar-refractivity contribution >= 4 is 29.1 Å². The summed E-state index contributed by atoms with van der Waals surface area (Å²) in [7, 11) is 0. The molecule has 2 aromatic carbocycles. The molecule has 0 radical (unpaired) electrons. The summed E-state index contributed by atoms with van der Waals surface area (Å²) in [5.74, 6) is 0.0295. The second-order valence-corrected chi connectivity index (χ2v) is 6.21. The molecule has 22 heavy (non-hydrogen) atoms. The number of hydrogen-bond acceptors (Lipinski definition) is 1. The van der Waals surface area contributed by atoms with E-state index in [1.54, 1.807) is 6.07 Å². The normalized spacial score (nSPS) is 12.0. The average Bonchev–Trinajstić information content (AvgIpc) is 2.49. The Balaban J connectivity index is 1.90. The Labute approximate surface area is 141 Å². The van der Waals surface area contributed by atoms with Gasteiger partial charge in [-0.25, -0.2) is 0 Å². The van der Waals surface area contributed by atoms with Crippen molar-refractivity contribution in [1.82, 2.24) is 5.32 Å². The van der Waals surface area contributed by atoms with Crippen molar-refractivity contribution < 1.29 is 4.79 Å². The highest BCUT2D eigenvalue weighted by Crippen LogP contribution is 2.23. The van der Waals surface area contributed by atoms with E-state index in [9.17, 15) is 4.79 Å². The molecule has 0 spiro atoms. The van der Waals surface area contributed by atoms with E-state index < -0.39 is 0 Å². The highest BCUT2D eigenvalue weighted by molar-refractivity contribution is 6.42. The van der Waals surface area contributed by atoms with E-state index in [0.717, 1.165) is 11.1 Å². The lowest BCUT2D eigenvalue weighted by molar-refractivity contribution is -0.121. The number of halogens is 2. The number of carbonyl (C=O) groups excluding carboxylic acids is 1. The van der Waals surface area contributed by atoms with Gasteiger partial charge >= 0.3 is 0 Å². The standard InChI is InChI=1S/C18H19Cl2NO/c1-12-5-3-4-6-15(12)13(2)21-18(22)10-8-14-7-9-16(19)17(20)11-14/h3-7,9,11,13H,8,10H2,1-2H3,(H,21,22)/t13-/m0/s1. The Morgan fingerprint density at radius 1 is 1.14 bits per heavy atom. The molecule has 0 saturated heterocycles. The van der Waals surface area contributed by atoms with Gasteiger partial charge in [-0.3, -0.25) is 4.79 Å². The lowest BCUT2D eigenvalue weighted by Gasteiger charge is -2.16. The summed E-state index contributed by atoms with van der Waals surface area (Å²) in [5.41, 5.74) is 3.33. The van der Waals surface area contributed by atoms with Crippen molar-refractivity contribution in [2.45, 2.75) is 32.7 Å². The molecule has 1 N–H and O–H groups in total. The zero-order chi connectivity index (χ0) is 16.1. The number of aryl methyl sites for hydroxylation is 2. The fourth-order valence-corrected chi connectivity index (χ4v) is 2.74. The van der Waals surface area contributed by atoms with Crippen LogP contribution in [-0.2, 0) is 11.2 Å². The van der Waals surface area contributed by atoms with Crippen LogP contribution in [0.3, 0.4) is 0 Å². The molecule has 0 heterocycles. The van der Waals surface area contributed by atoms with Crippen molar-refractivity contribution in [3.63, 3.8) is 0 Å². The molecule has 2 aromatic rings. The highest BCUT2D eigenvalue weighted by Gasteiger charge is 2.11. The minimum Gasteiger partial charge on any atom is -0.350 e. The van der Waals surface area contributed by atoms with E-state index in [1.807, 2.05) is 50.2 Å². The van der Waals surface area contributed by atoms with Crippen molar-refractivity contribution in [3.05, 3.63) is 69.2 Å². The summed E-state index contributed by atoms with van der Waals surface area (Å²) < 4.78 is 0. The number of rotatable bonds is 5. The van der Waals surface area contributed by atoms with Crippen molar-refractivity contribution in [2.24, 2.45) is 0 Å². The van der Waals surface area contributed by atoms with Gasteiger partial charge in [0, 0.05) is 6.42 Å². The van der Waals surface area contributed by atoms with E-state index in [4.69, 9.17) is 23.2 Å². The van der Waals surface area contributed by atoms with Gasteiger partial charge < -0.3 is 5.32 Å². The molecular formula is C18H19Cl2NO. The van der Waals surface area contributed by atoms with Crippen LogP contribution >= 0.6 is 23.2 Å². The summed E-state index contributed by atoms with van der Waals surface area (Å²) in [5, 5.41) is 4.09. The third kappa shape index (κ3) is 4.49. The highest BCUT2D eigenvalue weighted by atomic mass is 35.5. The molecule has 1 amide bonds. The number of amides is 1. The van der Waals surface area contributed by atoms with Crippen LogP contribution in [0.2, 0.25) is 10.0 Å². The molecule has 1 atom stereocenters. The van der Waals surface area contributed by atoms with Crippen molar-refractivity contribution in [2.75, 3.05) is 0 Å². The predicted molar refractivity (Wildman–Crippen MR) is 92.5 cm³/mol. The van der Waals surface area contributed by atoms with Crippen molar-refractivity contribution in [3.8, 4) is 0 Å². The zero-order valence-electron chi connectivity index (χ0n) is 12.7. The van der Waals surface area contributed by atoms with E-state index in [2.05, 4.69) is 5.32 Å². The van der Waals surface area contributed by atoms with Crippen LogP contribution in [-0.4, -0.2) is 5.91 Å². The molecular weight excluding hydrogens is 317 g/mol. The van der Waals surface area contributed by atoms with Crippen LogP contribution in [0.4, 0.5) is 0 Å². The Morgan fingerprint density at radius 3 is 2.55 bits per heavy atom. The summed E-state index contributed by atoms with van der Waals surface area (Å²) in [6.45, 7) is 4.05. The molecule has 2 rings (SSSR count). The molecule has 2 nitrogen and oxygen atoms in total. The van der Waals surface area contributed by atoms with Crippen LogP contribution in [0, 0.1) is 6.92 Å². The molecule has 0 unspecified atom stereocenters. The van der Waals surface area contributed by atoms with Gasteiger partial charge in [-0.05, 0) is 49.1 Å². The second kappa shape index (κ2) is 7.66. The molecule has 0 aliphatic carbocycles. The van der Waals surface area contributed by atoms with Crippen LogP contribution in [0.1, 0.15) is 36.1 Å². The fraction of sp³-hybridized carbons (Fsp3) is 0.278. The smallest absolute Gasteiger partial charge is 0.220 e. The van der Waals surface area contributed by atoms with E-state index in [0.29, 0.717) is 22.9 Å². The molecule has 4 heteroatoms. The first kappa shape index (κ1) is 16.9. The number of hydrogen-bond donors (Lipinski definition) is 1. The fourth-order valence-electron chi connectivity index (χ4n) is 2.42. The predicted octanol–water partition coefficient (Wildman–Crippen LogP) is 5.11. The van der Waals surface area contributed by atoms with Gasteiger partial charge in [0.25, 0.3) is 0 Å². The Morgan fingerprint density at radius 2 is 1.86 bits per heavy atom. The molecule has 0 aliphatic rings. The van der Waals surface area contributed by atoms with Gasteiger partial charge in [-0.15, -0.1) is 0 Å². The molecule has 0 aromatic heterocycles. The lowest BCUT2D eigenvalue weighted by atomic mass is 10.0. The van der Waals surface area contributed by atoms with Gasteiger partial charge in [0.1, 0.15) is 0 Å². The largest absolute Gasteiger partial charge is 0.350 e. The van der Waals surface area contributed by atoms with E-state index in [1.165, 1.54) is 5.56 Å². The minimum absolute atomic E-state index is 0.00232. The zero-order valence-corrected chi connectivity index (χ0v) is 14.2. The van der Waals surface area contributed by atoms with E-state index >= 15 is 0 Å². The number of benzene rings is 2. The first-order valence-corrected chi connectivity index (χ1v) is 8.02. The third-order valence-corrected chi connectivity index (χ3v) is 4.40. The Kier molecular flexibility index (Phi) is 5.87. The maximum Gasteiger partial charge on any atom is 0.220 e. The van der Waals surface area contributed by atoms with Gasteiger partial charge in [0.15, 0.2) is 0 Å². The summed E-state index contributed by atoms with van der Waals surface area (Å²) in [4.78, 5) is 12.1. The maximum absolute atomic E-state index is 12.1. The monoisotopic (exact) mass is 335 g/mol. The van der Waals surface area contributed by atoms with Crippen LogP contribution in [0.5, 0.6) is 0 Å². The maximum atomic E-state index is 12.1. The van der Waals surface area contributed by atoms with Crippen LogP contribution < -0.4 is 5.32 Å². The molecule has 116 valence electrons. The summed E-state index contributed by atoms with van der Waals surface area (Å²) in [6.07, 6.45) is 1.07. The molecule has 0 bridgehead atoms. The van der Waals surface area contributed by atoms with Crippen LogP contribution in [0.15, 0.2) is 42.5 Å². The first-order valence-electron chi connectivity index (χ1n) is 7.26. The number of carbonyl (C=O) groups is 1. The first-order chi connectivity index (χ1) is 10.5. The van der Waals surface area contributed by atoms with Gasteiger partial charge in [-0.1, -0.05) is 53.5 Å². The molecule has 0 aliphatic heterocycles. The topological polar surface area (TPSA) is 29.1 Å². The average molecular weight is 336 g/mol. The second-order valence-electron chi connectivity index (χ2n) is 5.39. The SMILES string of the molecule is Cc1ccccc1[C@H](C)NC(=O)CCc1ccc(Cl)c(Cl)c1. The quantitative estimate of drug-likeness (QED) is 0.807. The Bertz CT molecular complexity index is 670. The molecule has 0 fully saturated rings. The Hall–Kier alpha value is -1.51. The van der Waals surface area contributed by atoms with E-state index in [-0.39, 0.29) is 11.9 Å². The summed E-state index contributed by atoms with van der Waals surface area (Å²) >= 11 is 11.9. The summed E-state index contributed by atoms with van der Waals surface area (Å²) in [6, 6.07) is 13.5. The molecule has 0 saturated carbocycles. The lowest BCUT2D eigenvalue weighted by Crippen LogP contribution is -2.27. The van der Waals surface area contributed by atoms with Crippen molar-refractivity contribution in [1.29, 1.82) is 0 Å². The third-order valence-electron chi connectivity index (χ3n) is 3.66. The number of nitrogens with one attached hydrogen (secondary N) is 1. The van der Waals surface area contributed by atoms with Crippen LogP contribution in [0.25, 0.3) is 0 Å². The van der Waals surface area contributed by atoms with Gasteiger partial charge in [-0.2, -0.15) is 0 Å². The van der Waals surface area contributed by atoms with Gasteiger partial charge in [0.05, 0.1) is 16.1 Å². The minimum atomic E-state index is 0.00232.